The van der Waals surface area contributed by atoms with Crippen molar-refractivity contribution >= 4 is 36.3 Å². The molecule has 1 aromatic rings. The van der Waals surface area contributed by atoms with Gasteiger partial charge in [-0.05, 0) is 36.3 Å². The Hall–Kier alpha value is -1.26. The van der Waals surface area contributed by atoms with Gasteiger partial charge in [-0.1, -0.05) is 50.6 Å². The number of carbonyl (C=O) groups excluding carboxylic acids is 1. The van der Waals surface area contributed by atoms with Crippen LogP contribution < -0.4 is 21.7 Å². The number of aliphatic carboxylic acids is 1. The summed E-state index contributed by atoms with van der Waals surface area (Å²) in [7, 11) is 0. The molecule has 1 rings (SSSR count). The van der Waals surface area contributed by atoms with E-state index in [0.717, 1.165) is 12.0 Å². The molecule has 0 aliphatic rings. The summed E-state index contributed by atoms with van der Waals surface area (Å²) < 4.78 is 0. The van der Waals surface area contributed by atoms with Gasteiger partial charge < -0.3 is 26.8 Å². The quantitative estimate of drug-likeness (QED) is 0.187. The van der Waals surface area contributed by atoms with Gasteiger partial charge in [0.15, 0.2) is 0 Å². The third-order valence-corrected chi connectivity index (χ3v) is 6.73. The fraction of sp³-hybridized carbons (Fsp3) is 0.652. The molecule has 1 unspecified atom stereocenters. The van der Waals surface area contributed by atoms with Crippen molar-refractivity contribution in [3.05, 3.63) is 35.9 Å². The summed E-state index contributed by atoms with van der Waals surface area (Å²) in [6, 6.07) is 8.40. The second-order valence-corrected chi connectivity index (χ2v) is 9.53. The number of thiol groups is 1. The first-order valence-electron chi connectivity index (χ1n) is 11.2. The minimum atomic E-state index is -1.01. The van der Waals surface area contributed by atoms with Gasteiger partial charge in [-0.25, -0.2) is 4.79 Å². The molecule has 0 saturated carbocycles. The topological polar surface area (TPSA) is 116 Å². The van der Waals surface area contributed by atoms with Gasteiger partial charge in [0, 0.05) is 30.9 Å². The molecule has 1 aromatic carbocycles. The SMILES string of the molecule is CCC(C)[C@@H](CN[C@@H](Cc1ccccc1)C(=O)N[C@@H](CCSC)C(=O)O)NC[C@@H](N)CS. The highest BCUT2D eigenvalue weighted by atomic mass is 32.2. The number of carbonyl (C=O) groups is 2. The molecule has 0 heterocycles. The number of nitrogens with one attached hydrogen (secondary N) is 3. The van der Waals surface area contributed by atoms with Crippen LogP contribution in [0, 0.1) is 5.92 Å². The van der Waals surface area contributed by atoms with Gasteiger partial charge in [-0.2, -0.15) is 24.4 Å². The number of benzene rings is 1. The van der Waals surface area contributed by atoms with E-state index in [1.807, 2.05) is 36.6 Å². The molecule has 0 saturated heterocycles. The molecule has 1 amide bonds. The molecule has 0 aliphatic heterocycles. The fourth-order valence-corrected chi connectivity index (χ4v) is 3.87. The van der Waals surface area contributed by atoms with E-state index in [1.165, 1.54) is 0 Å². The minimum absolute atomic E-state index is 0.0407. The lowest BCUT2D eigenvalue weighted by molar-refractivity contribution is -0.142. The van der Waals surface area contributed by atoms with Gasteiger partial charge >= 0.3 is 5.97 Å². The molecule has 0 aromatic heterocycles. The Kier molecular flexibility index (Phi) is 14.7. The lowest BCUT2D eigenvalue weighted by Gasteiger charge is -2.29. The van der Waals surface area contributed by atoms with Crippen molar-refractivity contribution in [3.63, 3.8) is 0 Å². The van der Waals surface area contributed by atoms with E-state index < -0.39 is 18.1 Å². The van der Waals surface area contributed by atoms with Gasteiger partial charge in [0.25, 0.3) is 0 Å². The van der Waals surface area contributed by atoms with Crippen LogP contribution in [0.3, 0.4) is 0 Å². The van der Waals surface area contributed by atoms with E-state index in [9.17, 15) is 14.7 Å². The lowest BCUT2D eigenvalue weighted by atomic mass is 9.97. The maximum absolute atomic E-state index is 13.1. The first-order chi connectivity index (χ1) is 15.3. The Morgan fingerprint density at radius 3 is 2.41 bits per heavy atom. The van der Waals surface area contributed by atoms with E-state index in [2.05, 4.69) is 42.4 Å². The predicted octanol–water partition coefficient (Wildman–Crippen LogP) is 1.77. The number of nitrogens with two attached hydrogens (primary N) is 1. The van der Waals surface area contributed by atoms with E-state index >= 15 is 0 Å². The highest BCUT2D eigenvalue weighted by Crippen LogP contribution is 2.10. The lowest BCUT2D eigenvalue weighted by Crippen LogP contribution is -2.55. The van der Waals surface area contributed by atoms with Gasteiger partial charge in [0.1, 0.15) is 6.04 Å². The molecule has 7 nitrogen and oxygen atoms in total. The first-order valence-corrected chi connectivity index (χ1v) is 13.2. The van der Waals surface area contributed by atoms with Crippen LogP contribution in [0.4, 0.5) is 0 Å². The molecular formula is C23H40N4O3S2. The maximum Gasteiger partial charge on any atom is 0.326 e. The Balaban J connectivity index is 2.91. The van der Waals surface area contributed by atoms with E-state index in [-0.39, 0.29) is 18.0 Å². The van der Waals surface area contributed by atoms with Gasteiger partial charge in [-0.15, -0.1) is 0 Å². The Morgan fingerprint density at radius 2 is 1.84 bits per heavy atom. The minimum Gasteiger partial charge on any atom is -0.480 e. The molecular weight excluding hydrogens is 444 g/mol. The van der Waals surface area contributed by atoms with Crippen LogP contribution in [-0.4, -0.2) is 72.0 Å². The molecule has 0 radical (unpaired) electrons. The number of rotatable bonds is 17. The summed E-state index contributed by atoms with van der Waals surface area (Å²) in [5.74, 6) is 0.338. The monoisotopic (exact) mass is 484 g/mol. The van der Waals surface area contributed by atoms with Crippen LogP contribution in [0.1, 0.15) is 32.3 Å². The van der Waals surface area contributed by atoms with Crippen LogP contribution in [0.15, 0.2) is 30.3 Å². The average molecular weight is 485 g/mol. The van der Waals surface area contributed by atoms with Crippen molar-refractivity contribution in [2.24, 2.45) is 11.7 Å². The first kappa shape index (κ1) is 28.8. The zero-order valence-corrected chi connectivity index (χ0v) is 21.1. The van der Waals surface area contributed by atoms with Crippen molar-refractivity contribution in [1.82, 2.24) is 16.0 Å². The zero-order chi connectivity index (χ0) is 23.9. The summed E-state index contributed by atoms with van der Waals surface area (Å²) in [4.78, 5) is 24.7. The number of carboxylic acids is 1. The Labute approximate surface area is 202 Å². The molecule has 0 bridgehead atoms. The van der Waals surface area contributed by atoms with Crippen LogP contribution in [-0.2, 0) is 16.0 Å². The second kappa shape index (κ2) is 16.4. The number of carboxylic acid groups (broad SMARTS) is 1. The molecule has 32 heavy (non-hydrogen) atoms. The van der Waals surface area contributed by atoms with E-state index in [1.54, 1.807) is 11.8 Å². The van der Waals surface area contributed by atoms with Crippen molar-refractivity contribution in [3.8, 4) is 0 Å². The molecule has 0 aliphatic carbocycles. The van der Waals surface area contributed by atoms with Crippen LogP contribution in [0.5, 0.6) is 0 Å². The number of hydrogen-bond donors (Lipinski definition) is 6. The highest BCUT2D eigenvalue weighted by molar-refractivity contribution is 7.98. The van der Waals surface area contributed by atoms with Crippen LogP contribution >= 0.6 is 24.4 Å². The molecule has 5 atom stereocenters. The molecule has 0 spiro atoms. The average Bonchev–Trinajstić information content (AvgIpc) is 2.80. The van der Waals surface area contributed by atoms with E-state index in [0.29, 0.717) is 43.4 Å². The van der Waals surface area contributed by atoms with Crippen molar-refractivity contribution in [2.45, 2.75) is 57.3 Å². The maximum atomic E-state index is 13.1. The highest BCUT2D eigenvalue weighted by Gasteiger charge is 2.26. The van der Waals surface area contributed by atoms with Crippen molar-refractivity contribution in [1.29, 1.82) is 0 Å². The molecule has 6 N–H and O–H groups in total. The van der Waals surface area contributed by atoms with Gasteiger partial charge in [0.05, 0.1) is 6.04 Å². The van der Waals surface area contributed by atoms with Gasteiger partial charge in [-0.3, -0.25) is 4.79 Å². The third kappa shape index (κ3) is 11.0. The van der Waals surface area contributed by atoms with Gasteiger partial charge in [0.2, 0.25) is 5.91 Å². The summed E-state index contributed by atoms with van der Waals surface area (Å²) in [5, 5.41) is 19.1. The molecule has 9 heteroatoms. The Bertz CT molecular complexity index is 666. The second-order valence-electron chi connectivity index (χ2n) is 8.17. The number of thioether (sulfide) groups is 1. The normalized spacial score (nSPS) is 16.0. The predicted molar refractivity (Wildman–Crippen MR) is 138 cm³/mol. The van der Waals surface area contributed by atoms with Crippen molar-refractivity contribution < 1.29 is 14.7 Å². The molecule has 182 valence electrons. The third-order valence-electron chi connectivity index (χ3n) is 5.62. The summed E-state index contributed by atoms with van der Waals surface area (Å²) in [6.07, 6.45) is 3.77. The summed E-state index contributed by atoms with van der Waals surface area (Å²) in [6.45, 7) is 5.52. The number of amides is 1. The Morgan fingerprint density at radius 1 is 1.16 bits per heavy atom. The molecule has 0 fully saturated rings. The summed E-state index contributed by atoms with van der Waals surface area (Å²) >= 11 is 5.81. The van der Waals surface area contributed by atoms with Crippen molar-refractivity contribution in [2.75, 3.05) is 30.9 Å². The smallest absolute Gasteiger partial charge is 0.326 e. The largest absolute Gasteiger partial charge is 0.480 e. The van der Waals surface area contributed by atoms with Crippen LogP contribution in [0.2, 0.25) is 0 Å². The summed E-state index contributed by atoms with van der Waals surface area (Å²) in [5.41, 5.74) is 7.03. The van der Waals surface area contributed by atoms with Crippen LogP contribution in [0.25, 0.3) is 0 Å². The fourth-order valence-electron chi connectivity index (χ4n) is 3.27. The standard InChI is InChI=1S/C23H40N4O3S2/c1-4-16(2)21(25-13-18(24)15-31)14-26-20(12-17-8-6-5-7-9-17)22(28)27-19(23(29)30)10-11-32-3/h5-9,16,18-21,25-26,31H,4,10-15,24H2,1-3H3,(H,27,28)(H,29,30)/t16?,18-,19+,20+,21-/m1/s1. The van der Waals surface area contributed by atoms with E-state index in [4.69, 9.17) is 5.73 Å². The number of hydrogen-bond acceptors (Lipinski definition) is 7. The zero-order valence-electron chi connectivity index (χ0n) is 19.4.